The third-order valence-electron chi connectivity index (χ3n) is 5.27. The quantitative estimate of drug-likeness (QED) is 0.577. The predicted octanol–water partition coefficient (Wildman–Crippen LogP) is 3.03. The minimum Gasteiger partial charge on any atom is -0.357 e. The van der Waals surface area contributed by atoms with E-state index in [0.29, 0.717) is 12.6 Å². The molecule has 1 aliphatic carbocycles. The zero-order chi connectivity index (χ0) is 17.5. The van der Waals surface area contributed by atoms with E-state index in [4.69, 9.17) is 4.99 Å². The predicted molar refractivity (Wildman–Crippen MR) is 106 cm³/mol. The lowest BCUT2D eigenvalue weighted by atomic mass is 10.1. The van der Waals surface area contributed by atoms with E-state index in [1.54, 1.807) is 11.3 Å². The molecule has 1 aliphatic heterocycles. The number of hydrogen-bond donors (Lipinski definition) is 2. The van der Waals surface area contributed by atoms with E-state index in [1.807, 2.05) is 6.20 Å². The maximum Gasteiger partial charge on any atom is 0.191 e. The van der Waals surface area contributed by atoms with Crippen LogP contribution in [-0.4, -0.2) is 48.1 Å². The number of aryl methyl sites for hydroxylation is 1. The van der Waals surface area contributed by atoms with Crippen molar-refractivity contribution in [1.29, 1.82) is 0 Å². The number of likely N-dealkylation sites (tertiary alicyclic amines) is 1. The molecular weight excluding hydrogens is 330 g/mol. The molecule has 1 unspecified atom stereocenters. The fourth-order valence-corrected chi connectivity index (χ4v) is 4.71. The molecule has 1 saturated carbocycles. The Kier molecular flexibility index (Phi) is 7.11. The third-order valence-corrected chi connectivity index (χ3v) is 6.40. The number of nitrogens with zero attached hydrogens (tertiary/aromatic N) is 3. The van der Waals surface area contributed by atoms with Gasteiger partial charge in [0, 0.05) is 43.3 Å². The molecule has 140 valence electrons. The SMILES string of the molecule is CCNC(=NCc1ncc(CC)s1)NC1CCN(CC2CCCC2)C1. The molecule has 0 bridgehead atoms. The van der Waals surface area contributed by atoms with Crippen molar-refractivity contribution in [2.75, 3.05) is 26.2 Å². The Balaban J connectivity index is 1.48. The summed E-state index contributed by atoms with van der Waals surface area (Å²) in [4.78, 5) is 13.2. The van der Waals surface area contributed by atoms with E-state index in [9.17, 15) is 0 Å². The average molecular weight is 364 g/mol. The standard InChI is InChI=1S/C19H33N5S/c1-3-17-11-21-18(25-17)12-22-19(20-4-2)23-16-9-10-24(14-16)13-15-7-5-6-8-15/h11,15-16H,3-10,12-14H2,1-2H3,(H2,20,22,23). The first-order valence-corrected chi connectivity index (χ1v) is 10.8. The van der Waals surface area contributed by atoms with Gasteiger partial charge in [0.05, 0.1) is 6.54 Å². The highest BCUT2D eigenvalue weighted by Crippen LogP contribution is 2.26. The van der Waals surface area contributed by atoms with Crippen LogP contribution >= 0.6 is 11.3 Å². The van der Waals surface area contributed by atoms with Crippen molar-refractivity contribution in [1.82, 2.24) is 20.5 Å². The Morgan fingerprint density at radius 1 is 1.32 bits per heavy atom. The van der Waals surface area contributed by atoms with E-state index < -0.39 is 0 Å². The summed E-state index contributed by atoms with van der Waals surface area (Å²) in [6.07, 6.45) is 10.0. The van der Waals surface area contributed by atoms with Crippen molar-refractivity contribution in [2.24, 2.45) is 10.9 Å². The van der Waals surface area contributed by atoms with Gasteiger partial charge in [-0.05, 0) is 38.5 Å². The monoisotopic (exact) mass is 363 g/mol. The van der Waals surface area contributed by atoms with E-state index in [2.05, 4.69) is 34.4 Å². The maximum absolute atomic E-state index is 4.75. The van der Waals surface area contributed by atoms with Gasteiger partial charge in [-0.1, -0.05) is 19.8 Å². The van der Waals surface area contributed by atoms with E-state index in [1.165, 1.54) is 50.1 Å². The first-order chi connectivity index (χ1) is 12.3. The molecule has 25 heavy (non-hydrogen) atoms. The van der Waals surface area contributed by atoms with Crippen LogP contribution in [-0.2, 0) is 13.0 Å². The lowest BCUT2D eigenvalue weighted by Crippen LogP contribution is -2.44. The molecule has 5 nitrogen and oxygen atoms in total. The van der Waals surface area contributed by atoms with Gasteiger partial charge < -0.3 is 15.5 Å². The van der Waals surface area contributed by atoms with Gasteiger partial charge in [0.2, 0.25) is 0 Å². The lowest BCUT2D eigenvalue weighted by Gasteiger charge is -2.21. The molecule has 6 heteroatoms. The van der Waals surface area contributed by atoms with Gasteiger partial charge in [-0.3, -0.25) is 0 Å². The molecular formula is C19H33N5S. The lowest BCUT2D eigenvalue weighted by molar-refractivity contribution is 0.275. The van der Waals surface area contributed by atoms with Crippen molar-refractivity contribution in [3.63, 3.8) is 0 Å². The summed E-state index contributed by atoms with van der Waals surface area (Å²) in [5, 5.41) is 8.12. The zero-order valence-corrected chi connectivity index (χ0v) is 16.6. The smallest absolute Gasteiger partial charge is 0.191 e. The summed E-state index contributed by atoms with van der Waals surface area (Å²) in [5.41, 5.74) is 0. The Morgan fingerprint density at radius 2 is 2.16 bits per heavy atom. The van der Waals surface area contributed by atoms with Crippen molar-refractivity contribution < 1.29 is 0 Å². The largest absolute Gasteiger partial charge is 0.357 e. The number of rotatable bonds is 7. The Hall–Kier alpha value is -1.14. The third kappa shape index (κ3) is 5.68. The normalized spacial score (nSPS) is 22.6. The Morgan fingerprint density at radius 3 is 2.88 bits per heavy atom. The van der Waals surface area contributed by atoms with Gasteiger partial charge >= 0.3 is 0 Å². The summed E-state index contributed by atoms with van der Waals surface area (Å²) in [6, 6.07) is 0.515. The molecule has 2 N–H and O–H groups in total. The van der Waals surface area contributed by atoms with E-state index >= 15 is 0 Å². The van der Waals surface area contributed by atoms with Crippen LogP contribution in [0.5, 0.6) is 0 Å². The van der Waals surface area contributed by atoms with Crippen LogP contribution in [0.2, 0.25) is 0 Å². The molecule has 3 rings (SSSR count). The highest BCUT2D eigenvalue weighted by molar-refractivity contribution is 7.11. The molecule has 1 atom stereocenters. The van der Waals surface area contributed by atoms with Crippen molar-refractivity contribution >= 4 is 17.3 Å². The highest BCUT2D eigenvalue weighted by atomic mass is 32.1. The van der Waals surface area contributed by atoms with Crippen LogP contribution in [0.15, 0.2) is 11.2 Å². The molecule has 2 fully saturated rings. The fourth-order valence-electron chi connectivity index (χ4n) is 3.92. The first kappa shape index (κ1) is 18.6. The highest BCUT2D eigenvalue weighted by Gasteiger charge is 2.26. The summed E-state index contributed by atoms with van der Waals surface area (Å²) in [7, 11) is 0. The van der Waals surface area contributed by atoms with Gasteiger partial charge in [0.15, 0.2) is 5.96 Å². The Bertz CT molecular complexity index is 550. The minimum absolute atomic E-state index is 0.515. The molecule has 0 radical (unpaired) electrons. The molecule has 1 saturated heterocycles. The van der Waals surface area contributed by atoms with Gasteiger partial charge in [0.1, 0.15) is 5.01 Å². The zero-order valence-electron chi connectivity index (χ0n) is 15.8. The molecule has 2 heterocycles. The van der Waals surface area contributed by atoms with Crippen molar-refractivity contribution in [3.8, 4) is 0 Å². The maximum atomic E-state index is 4.75. The van der Waals surface area contributed by atoms with Gasteiger partial charge in [-0.15, -0.1) is 11.3 Å². The second-order valence-electron chi connectivity index (χ2n) is 7.31. The number of nitrogens with one attached hydrogen (secondary N) is 2. The number of guanidine groups is 1. The van der Waals surface area contributed by atoms with Crippen molar-refractivity contribution in [2.45, 2.75) is 65.0 Å². The molecule has 1 aromatic heterocycles. The fraction of sp³-hybridized carbons (Fsp3) is 0.789. The summed E-state index contributed by atoms with van der Waals surface area (Å²) in [5.74, 6) is 1.88. The molecule has 0 spiro atoms. The second kappa shape index (κ2) is 9.53. The van der Waals surface area contributed by atoms with Crippen LogP contribution in [0.3, 0.4) is 0 Å². The molecule has 0 aromatic carbocycles. The number of hydrogen-bond acceptors (Lipinski definition) is 4. The second-order valence-corrected chi connectivity index (χ2v) is 8.51. The number of thiazole rings is 1. The average Bonchev–Trinajstić information content (AvgIpc) is 3.35. The molecule has 0 amide bonds. The van der Waals surface area contributed by atoms with Crippen LogP contribution in [0.1, 0.15) is 55.8 Å². The molecule has 1 aromatic rings. The van der Waals surface area contributed by atoms with Gasteiger partial charge in [-0.25, -0.2) is 9.98 Å². The van der Waals surface area contributed by atoms with Crippen LogP contribution in [0.25, 0.3) is 0 Å². The summed E-state index contributed by atoms with van der Waals surface area (Å²) >= 11 is 1.77. The summed E-state index contributed by atoms with van der Waals surface area (Å²) < 4.78 is 0. The van der Waals surface area contributed by atoms with E-state index in [-0.39, 0.29) is 0 Å². The van der Waals surface area contributed by atoms with Crippen molar-refractivity contribution in [3.05, 3.63) is 16.1 Å². The number of aliphatic imine (C=N–C) groups is 1. The van der Waals surface area contributed by atoms with Crippen LogP contribution in [0, 0.1) is 5.92 Å². The van der Waals surface area contributed by atoms with E-state index in [0.717, 1.165) is 36.4 Å². The topological polar surface area (TPSA) is 52.6 Å². The molecule has 2 aliphatic rings. The van der Waals surface area contributed by atoms with Crippen LogP contribution < -0.4 is 10.6 Å². The summed E-state index contributed by atoms with van der Waals surface area (Å²) in [6.45, 7) is 9.52. The Labute approximate surface area is 156 Å². The van der Waals surface area contributed by atoms with Gasteiger partial charge in [0.25, 0.3) is 0 Å². The van der Waals surface area contributed by atoms with Gasteiger partial charge in [-0.2, -0.15) is 0 Å². The number of aromatic nitrogens is 1. The first-order valence-electron chi connectivity index (χ1n) is 9.97. The minimum atomic E-state index is 0.515. The van der Waals surface area contributed by atoms with Crippen LogP contribution in [0.4, 0.5) is 0 Å².